The molecule has 15 heavy (non-hydrogen) atoms. The first-order valence-corrected chi connectivity index (χ1v) is 9.08. The molecular formula is C10H10S5. The maximum absolute atomic E-state index is 5.30. The highest BCUT2D eigenvalue weighted by molar-refractivity contribution is 8.09. The van der Waals surface area contributed by atoms with Gasteiger partial charge in [0.15, 0.2) is 0 Å². The Kier molecular flexibility index (Phi) is 2.31. The van der Waals surface area contributed by atoms with Crippen LogP contribution in [0.1, 0.15) is 19.3 Å². The monoisotopic (exact) mass is 290 g/mol. The van der Waals surface area contributed by atoms with Crippen molar-refractivity contribution in [3.05, 3.63) is 3.14 Å². The maximum Gasteiger partial charge on any atom is 0.145 e. The summed E-state index contributed by atoms with van der Waals surface area (Å²) in [6, 6.07) is 0. The molecule has 2 aliphatic carbocycles. The van der Waals surface area contributed by atoms with Crippen molar-refractivity contribution in [2.24, 2.45) is 11.8 Å². The van der Waals surface area contributed by atoms with Crippen LogP contribution in [0.15, 0.2) is 8.42 Å². The molecule has 1 aliphatic heterocycles. The van der Waals surface area contributed by atoms with Gasteiger partial charge in [-0.1, -0.05) is 12.2 Å². The molecule has 2 heterocycles. The summed E-state index contributed by atoms with van der Waals surface area (Å²) in [5.74, 6) is 2.04. The van der Waals surface area contributed by atoms with Crippen LogP contribution in [0, 0.1) is 15.0 Å². The fourth-order valence-corrected chi connectivity index (χ4v) is 10.7. The second-order valence-electron chi connectivity index (χ2n) is 4.53. The van der Waals surface area contributed by atoms with E-state index in [1.807, 2.05) is 22.7 Å². The standard InChI is InChI=1S/C10H10S5/c11-10-14-8-9(15-10)13-7-5-2-1-4(3-5)6(7)12-8/h4-7H,1-3H2. The molecule has 80 valence electrons. The molecule has 0 radical (unpaired) electrons. The van der Waals surface area contributed by atoms with Crippen molar-refractivity contribution in [1.82, 2.24) is 0 Å². The van der Waals surface area contributed by atoms with Crippen LogP contribution in [0.4, 0.5) is 0 Å². The molecule has 0 nitrogen and oxygen atoms in total. The van der Waals surface area contributed by atoms with Crippen molar-refractivity contribution >= 4 is 58.4 Å². The molecule has 0 amide bonds. The maximum atomic E-state index is 5.30. The number of fused-ring (bicyclic) bond motifs is 6. The minimum Gasteiger partial charge on any atom is -0.109 e. The first-order chi connectivity index (χ1) is 7.31. The van der Waals surface area contributed by atoms with E-state index in [9.17, 15) is 0 Å². The fourth-order valence-electron chi connectivity index (χ4n) is 3.16. The Labute approximate surface area is 111 Å². The predicted octanol–water partition coefficient (Wildman–Crippen LogP) is 4.90. The molecule has 1 aromatic heterocycles. The van der Waals surface area contributed by atoms with E-state index >= 15 is 0 Å². The molecule has 5 heteroatoms. The average Bonchev–Trinajstić information content (AvgIpc) is 2.85. The topological polar surface area (TPSA) is 0 Å². The van der Waals surface area contributed by atoms with Gasteiger partial charge in [0.2, 0.25) is 0 Å². The normalized spacial score (nSPS) is 41.6. The Balaban J connectivity index is 1.77. The zero-order valence-electron chi connectivity index (χ0n) is 7.97. The SMILES string of the molecule is S=c1sc2c(s1)SC1C3CCC(C3)C1S2. The van der Waals surface area contributed by atoms with Gasteiger partial charge in [0.05, 0.1) is 8.42 Å². The van der Waals surface area contributed by atoms with Crippen LogP contribution in [0.25, 0.3) is 0 Å². The van der Waals surface area contributed by atoms with E-state index in [2.05, 4.69) is 23.5 Å². The van der Waals surface area contributed by atoms with Gasteiger partial charge in [0.1, 0.15) is 3.14 Å². The van der Waals surface area contributed by atoms with Crippen molar-refractivity contribution in [1.29, 1.82) is 0 Å². The molecule has 4 atom stereocenters. The van der Waals surface area contributed by atoms with Crippen molar-refractivity contribution in [2.75, 3.05) is 0 Å². The van der Waals surface area contributed by atoms with E-state index in [4.69, 9.17) is 12.2 Å². The average molecular weight is 291 g/mol. The number of hydrogen-bond acceptors (Lipinski definition) is 5. The van der Waals surface area contributed by atoms with Crippen LogP contribution >= 0.6 is 58.4 Å². The Morgan fingerprint density at radius 3 is 2.00 bits per heavy atom. The Morgan fingerprint density at radius 1 is 0.933 bits per heavy atom. The first kappa shape index (κ1) is 9.95. The molecule has 0 spiro atoms. The Bertz CT molecular complexity index is 420. The quantitative estimate of drug-likeness (QED) is 0.624. The van der Waals surface area contributed by atoms with Crippen LogP contribution in [0.5, 0.6) is 0 Å². The van der Waals surface area contributed by atoms with Crippen molar-refractivity contribution in [3.8, 4) is 0 Å². The number of hydrogen-bond donors (Lipinski definition) is 0. The predicted molar refractivity (Wildman–Crippen MR) is 73.2 cm³/mol. The molecule has 4 rings (SSSR count). The van der Waals surface area contributed by atoms with Gasteiger partial charge in [-0.05, 0) is 31.1 Å². The highest BCUT2D eigenvalue weighted by atomic mass is 32.2. The third kappa shape index (κ3) is 1.43. The molecule has 1 aromatic rings. The molecule has 0 aromatic carbocycles. The molecule has 2 fully saturated rings. The van der Waals surface area contributed by atoms with E-state index in [1.165, 1.54) is 27.7 Å². The van der Waals surface area contributed by atoms with E-state index in [1.54, 1.807) is 0 Å². The van der Waals surface area contributed by atoms with Crippen LogP contribution in [-0.2, 0) is 0 Å². The summed E-state index contributed by atoms with van der Waals surface area (Å²) >= 11 is 13.3. The zero-order valence-corrected chi connectivity index (χ0v) is 12.1. The third-order valence-electron chi connectivity index (χ3n) is 3.77. The molecule has 2 saturated carbocycles. The van der Waals surface area contributed by atoms with E-state index in [-0.39, 0.29) is 0 Å². The first-order valence-electron chi connectivity index (χ1n) is 5.28. The van der Waals surface area contributed by atoms with Gasteiger partial charge in [-0.2, -0.15) is 0 Å². The van der Waals surface area contributed by atoms with Gasteiger partial charge in [0.25, 0.3) is 0 Å². The zero-order chi connectivity index (χ0) is 9.99. The van der Waals surface area contributed by atoms with Crippen LogP contribution in [0.3, 0.4) is 0 Å². The summed E-state index contributed by atoms with van der Waals surface area (Å²) in [7, 11) is 0. The highest BCUT2D eigenvalue weighted by Gasteiger charge is 2.50. The smallest absolute Gasteiger partial charge is 0.109 e. The molecule has 3 aliphatic rings. The van der Waals surface area contributed by atoms with Gasteiger partial charge in [-0.15, -0.1) is 46.2 Å². The van der Waals surface area contributed by atoms with Crippen molar-refractivity contribution in [3.63, 3.8) is 0 Å². The number of rotatable bonds is 0. The Morgan fingerprint density at radius 2 is 1.47 bits per heavy atom. The van der Waals surface area contributed by atoms with Gasteiger partial charge >= 0.3 is 0 Å². The van der Waals surface area contributed by atoms with Crippen molar-refractivity contribution < 1.29 is 0 Å². The lowest BCUT2D eigenvalue weighted by Crippen LogP contribution is -2.28. The van der Waals surface area contributed by atoms with Gasteiger partial charge in [-0.25, -0.2) is 0 Å². The fraction of sp³-hybridized carbons (Fsp3) is 0.700. The van der Waals surface area contributed by atoms with Crippen LogP contribution in [-0.4, -0.2) is 10.5 Å². The lowest BCUT2D eigenvalue weighted by molar-refractivity contribution is 0.502. The summed E-state index contributed by atoms with van der Waals surface area (Å²) in [5, 5.41) is 1.84. The largest absolute Gasteiger partial charge is 0.145 e. The summed E-state index contributed by atoms with van der Waals surface area (Å²) in [6.07, 6.45) is 4.49. The van der Waals surface area contributed by atoms with E-state index < -0.39 is 0 Å². The molecule has 0 saturated heterocycles. The summed E-state index contributed by atoms with van der Waals surface area (Å²) < 4.78 is 4.18. The summed E-state index contributed by atoms with van der Waals surface area (Å²) in [4.78, 5) is 0. The molecule has 0 N–H and O–H groups in total. The number of thioether (sulfide) groups is 2. The van der Waals surface area contributed by atoms with Gasteiger partial charge in [0, 0.05) is 10.5 Å². The minimum absolute atomic E-state index is 0.918. The lowest BCUT2D eigenvalue weighted by atomic mass is 10.00. The summed E-state index contributed by atoms with van der Waals surface area (Å²) in [5.41, 5.74) is 0. The van der Waals surface area contributed by atoms with Gasteiger partial charge < -0.3 is 0 Å². The molecule has 2 bridgehead atoms. The lowest BCUT2D eigenvalue weighted by Gasteiger charge is -2.32. The molecule has 4 unspecified atom stereocenters. The van der Waals surface area contributed by atoms with E-state index in [0.717, 1.165) is 25.5 Å². The van der Waals surface area contributed by atoms with Crippen molar-refractivity contribution in [2.45, 2.75) is 38.2 Å². The van der Waals surface area contributed by atoms with Crippen LogP contribution in [0.2, 0.25) is 0 Å². The molecular weight excluding hydrogens is 280 g/mol. The van der Waals surface area contributed by atoms with Crippen LogP contribution < -0.4 is 0 Å². The van der Waals surface area contributed by atoms with Gasteiger partial charge in [-0.3, -0.25) is 0 Å². The highest BCUT2D eigenvalue weighted by Crippen LogP contribution is 2.62. The Hall–Kier alpha value is 0.970. The minimum atomic E-state index is 0.918. The second kappa shape index (κ2) is 3.48. The van der Waals surface area contributed by atoms with E-state index in [0.29, 0.717) is 0 Å². The third-order valence-corrected chi connectivity index (χ3v) is 10.4. The second-order valence-corrected chi connectivity index (χ2v) is 10.6. The summed E-state index contributed by atoms with van der Waals surface area (Å²) in [6.45, 7) is 0.